The second-order valence-electron chi connectivity index (χ2n) is 9.19. The molecule has 1 aliphatic rings. The van der Waals surface area contributed by atoms with Crippen LogP contribution in [0.1, 0.15) is 42.1 Å². The molecule has 1 aromatic heterocycles. The van der Waals surface area contributed by atoms with Gasteiger partial charge < -0.3 is 15.0 Å². The number of nitrogens with zero attached hydrogens (tertiary/aromatic N) is 2. The summed E-state index contributed by atoms with van der Waals surface area (Å²) < 4.78 is 84.7. The van der Waals surface area contributed by atoms with E-state index >= 15 is 0 Å². The van der Waals surface area contributed by atoms with Crippen molar-refractivity contribution in [1.82, 2.24) is 10.3 Å². The number of aromatic nitrogens is 1. The van der Waals surface area contributed by atoms with Crippen LogP contribution >= 0.6 is 0 Å². The molecule has 2 aromatic rings. The summed E-state index contributed by atoms with van der Waals surface area (Å²) in [5.41, 5.74) is -1.06. The van der Waals surface area contributed by atoms with E-state index in [1.165, 1.54) is 18.2 Å². The number of amides is 1. The largest absolute Gasteiger partial charge is 0.466 e. The molecule has 9 nitrogen and oxygen atoms in total. The predicted octanol–water partition coefficient (Wildman–Crippen LogP) is 3.70. The van der Waals surface area contributed by atoms with E-state index in [9.17, 15) is 35.6 Å². The summed E-state index contributed by atoms with van der Waals surface area (Å²) in [5, 5.41) is 2.52. The molecule has 0 saturated carbocycles. The zero-order valence-corrected chi connectivity index (χ0v) is 23.0. The van der Waals surface area contributed by atoms with Crippen LogP contribution in [0.25, 0.3) is 6.08 Å². The van der Waals surface area contributed by atoms with E-state index < -0.39 is 39.3 Å². The molecule has 1 amide bonds. The lowest BCUT2D eigenvalue weighted by atomic mass is 9.96. The van der Waals surface area contributed by atoms with Crippen molar-refractivity contribution >= 4 is 39.5 Å². The molecule has 0 spiro atoms. The average Bonchev–Trinajstić information content (AvgIpc) is 2.91. The first-order valence-electron chi connectivity index (χ1n) is 12.4. The highest BCUT2D eigenvalue weighted by atomic mass is 32.2. The number of carbonyl (C=O) groups excluding carboxylic acids is 2. The van der Waals surface area contributed by atoms with Crippen LogP contribution < -0.4 is 14.9 Å². The van der Waals surface area contributed by atoms with Crippen LogP contribution in [0, 0.1) is 24.1 Å². The van der Waals surface area contributed by atoms with E-state index in [4.69, 9.17) is 11.2 Å². The average molecular weight is 597 g/mol. The van der Waals surface area contributed by atoms with Gasteiger partial charge >= 0.3 is 12.1 Å². The maximum atomic E-state index is 14.5. The van der Waals surface area contributed by atoms with Crippen LogP contribution in [-0.4, -0.2) is 51.2 Å². The summed E-state index contributed by atoms with van der Waals surface area (Å²) in [6.07, 6.45) is 4.67. The van der Waals surface area contributed by atoms with Gasteiger partial charge in [-0.05, 0) is 55.7 Å². The Morgan fingerprint density at radius 3 is 2.51 bits per heavy atom. The lowest BCUT2D eigenvalue weighted by Gasteiger charge is -2.33. The fraction of sp³-hybridized carbons (Fsp3) is 0.370. The Hall–Kier alpha value is -4.12. The molecule has 0 bridgehead atoms. The van der Waals surface area contributed by atoms with E-state index in [2.05, 4.69) is 16.2 Å². The van der Waals surface area contributed by atoms with E-state index in [0.29, 0.717) is 12.8 Å². The highest BCUT2D eigenvalue weighted by Crippen LogP contribution is 2.33. The Morgan fingerprint density at radius 1 is 1.24 bits per heavy atom. The van der Waals surface area contributed by atoms with Crippen molar-refractivity contribution in [2.75, 3.05) is 35.6 Å². The molecule has 220 valence electrons. The molecule has 0 unspecified atom stereocenters. The fourth-order valence-corrected chi connectivity index (χ4v) is 4.75. The lowest BCUT2D eigenvalue weighted by Crippen LogP contribution is -2.38. The number of carbonyl (C=O) groups is 2. The van der Waals surface area contributed by atoms with Gasteiger partial charge in [0.25, 0.3) is 0 Å². The number of halogens is 4. The first-order valence-corrected chi connectivity index (χ1v) is 14.3. The fourth-order valence-electron chi connectivity index (χ4n) is 4.17. The molecule has 1 aliphatic heterocycles. The van der Waals surface area contributed by atoms with Crippen LogP contribution in [0.2, 0.25) is 0 Å². The number of piperidine rings is 1. The molecule has 2 heterocycles. The van der Waals surface area contributed by atoms with E-state index in [1.807, 2.05) is 4.72 Å². The third-order valence-corrected chi connectivity index (χ3v) is 6.66. The number of benzene rings is 1. The number of alkyl halides is 3. The molecule has 0 atom stereocenters. The quantitative estimate of drug-likeness (QED) is 0.196. The Labute approximate surface area is 235 Å². The van der Waals surface area contributed by atoms with Crippen molar-refractivity contribution < 1.29 is 40.3 Å². The Balaban J connectivity index is 1.75. The molecule has 1 saturated heterocycles. The van der Waals surface area contributed by atoms with E-state index in [1.54, 1.807) is 11.8 Å². The number of hydrogen-bond acceptors (Lipinski definition) is 7. The molecular formula is C27H28F4N4O5S. The zero-order chi connectivity index (χ0) is 30.4. The van der Waals surface area contributed by atoms with Gasteiger partial charge in [0.1, 0.15) is 17.3 Å². The van der Waals surface area contributed by atoms with Crippen molar-refractivity contribution in [3.63, 3.8) is 0 Å². The van der Waals surface area contributed by atoms with Crippen LogP contribution in [-0.2, 0) is 37.1 Å². The normalized spacial score (nSPS) is 14.5. The number of pyridine rings is 1. The standard InChI is InChI=1S/C27H28F4N4O5S/c1-4-18-14-17(15-21(28)24(18)34-41(3,38)39)16-32-23(36)9-7-19-6-8-22(27(29,30)31)33-25(19)35-12-10-20(11-13-35)26(37)40-5-2/h1,6-9,14-15,20,34H,5,10-13,16H2,2-3H3,(H,32,36)/b9-7+. The number of ether oxygens (including phenoxy) is 1. The number of sulfonamides is 1. The van der Waals surface area contributed by atoms with Crippen LogP contribution in [0.15, 0.2) is 30.3 Å². The van der Waals surface area contributed by atoms with Crippen LogP contribution in [0.3, 0.4) is 0 Å². The van der Waals surface area contributed by atoms with Crippen LogP contribution in [0.5, 0.6) is 0 Å². The summed E-state index contributed by atoms with van der Waals surface area (Å²) >= 11 is 0. The maximum absolute atomic E-state index is 14.5. The molecular weight excluding hydrogens is 568 g/mol. The van der Waals surface area contributed by atoms with E-state index in [-0.39, 0.29) is 60.6 Å². The van der Waals surface area contributed by atoms with Gasteiger partial charge in [0.2, 0.25) is 15.9 Å². The summed E-state index contributed by atoms with van der Waals surface area (Å²) in [4.78, 5) is 30.0. The van der Waals surface area contributed by atoms with Gasteiger partial charge in [-0.15, -0.1) is 6.42 Å². The molecule has 41 heavy (non-hydrogen) atoms. The summed E-state index contributed by atoms with van der Waals surface area (Å²) in [5.74, 6) is -0.0820. The van der Waals surface area contributed by atoms with Gasteiger partial charge in [0.05, 0.1) is 30.0 Å². The topological polar surface area (TPSA) is 118 Å². The van der Waals surface area contributed by atoms with Crippen molar-refractivity contribution in [2.45, 2.75) is 32.5 Å². The summed E-state index contributed by atoms with van der Waals surface area (Å²) in [7, 11) is -3.79. The van der Waals surface area contributed by atoms with Crippen molar-refractivity contribution in [3.05, 3.63) is 58.5 Å². The van der Waals surface area contributed by atoms with Gasteiger partial charge in [0.15, 0.2) is 0 Å². The number of rotatable bonds is 9. The second-order valence-corrected chi connectivity index (χ2v) is 10.9. The van der Waals surface area contributed by atoms with Crippen molar-refractivity contribution in [1.29, 1.82) is 0 Å². The minimum atomic E-state index is -4.68. The first-order chi connectivity index (χ1) is 19.2. The van der Waals surface area contributed by atoms with Crippen molar-refractivity contribution in [2.24, 2.45) is 5.92 Å². The maximum Gasteiger partial charge on any atom is 0.433 e. The number of terminal acetylenes is 1. The molecule has 1 aromatic carbocycles. The van der Waals surface area contributed by atoms with Gasteiger partial charge in [0, 0.05) is 31.3 Å². The minimum Gasteiger partial charge on any atom is -0.466 e. The Bertz CT molecular complexity index is 1480. The molecule has 14 heteroatoms. The minimum absolute atomic E-state index is 0.0147. The lowest BCUT2D eigenvalue weighted by molar-refractivity contribution is -0.148. The third-order valence-electron chi connectivity index (χ3n) is 6.08. The second kappa shape index (κ2) is 13.0. The zero-order valence-electron chi connectivity index (χ0n) is 22.2. The Kier molecular flexibility index (Phi) is 9.98. The molecule has 1 fully saturated rings. The molecule has 2 N–H and O–H groups in total. The summed E-state index contributed by atoms with van der Waals surface area (Å²) in [6.45, 7) is 2.27. The van der Waals surface area contributed by atoms with Gasteiger partial charge in [-0.1, -0.05) is 5.92 Å². The van der Waals surface area contributed by atoms with Crippen molar-refractivity contribution in [3.8, 4) is 12.3 Å². The highest BCUT2D eigenvalue weighted by Gasteiger charge is 2.34. The Morgan fingerprint density at radius 2 is 1.93 bits per heavy atom. The number of esters is 1. The number of nitrogens with one attached hydrogen (secondary N) is 2. The number of hydrogen-bond donors (Lipinski definition) is 2. The summed E-state index contributed by atoms with van der Waals surface area (Å²) in [6, 6.07) is 4.35. The molecule has 3 rings (SSSR count). The predicted molar refractivity (Wildman–Crippen MR) is 144 cm³/mol. The smallest absolute Gasteiger partial charge is 0.433 e. The van der Waals surface area contributed by atoms with Crippen LogP contribution in [0.4, 0.5) is 29.1 Å². The van der Waals surface area contributed by atoms with Gasteiger partial charge in [-0.3, -0.25) is 14.3 Å². The SMILES string of the molecule is C#Cc1cc(CNC(=O)/C=C/c2ccc(C(F)(F)F)nc2N2CCC(C(=O)OCC)CC2)cc(F)c1NS(C)(=O)=O. The molecule has 0 radical (unpaired) electrons. The highest BCUT2D eigenvalue weighted by molar-refractivity contribution is 7.92. The van der Waals surface area contributed by atoms with Gasteiger partial charge in [-0.2, -0.15) is 13.2 Å². The first kappa shape index (κ1) is 31.4. The third kappa shape index (κ3) is 8.68. The van der Waals surface area contributed by atoms with E-state index in [0.717, 1.165) is 24.5 Å². The molecule has 0 aliphatic carbocycles. The van der Waals surface area contributed by atoms with Gasteiger partial charge in [-0.25, -0.2) is 17.8 Å². The monoisotopic (exact) mass is 596 g/mol. The number of anilines is 2.